The maximum Gasteiger partial charge on any atom is 0.410 e. The van der Waals surface area contributed by atoms with Crippen LogP contribution < -0.4 is 10.6 Å². The van der Waals surface area contributed by atoms with E-state index in [4.69, 9.17) is 14.2 Å². The molecule has 2 aromatic carbocycles. The van der Waals surface area contributed by atoms with Gasteiger partial charge in [0.05, 0.1) is 35.5 Å². The van der Waals surface area contributed by atoms with Crippen LogP contribution in [0.5, 0.6) is 0 Å². The van der Waals surface area contributed by atoms with Gasteiger partial charge < -0.3 is 39.8 Å². The van der Waals surface area contributed by atoms with Gasteiger partial charge in [-0.3, -0.25) is 43.4 Å². The fourth-order valence-corrected chi connectivity index (χ4v) is 11.5. The van der Waals surface area contributed by atoms with Gasteiger partial charge in [-0.25, -0.2) is 9.59 Å². The van der Waals surface area contributed by atoms with Crippen LogP contribution >= 0.6 is 11.8 Å². The van der Waals surface area contributed by atoms with Crippen molar-refractivity contribution in [3.05, 3.63) is 71.3 Å². The van der Waals surface area contributed by atoms with Crippen LogP contribution in [0.3, 0.4) is 0 Å². The molecule has 2 aliphatic rings. The molecule has 3 N–H and O–H groups in total. The number of amides is 7. The zero-order chi connectivity index (χ0) is 60.7. The third-order valence-corrected chi connectivity index (χ3v) is 16.7. The second-order valence-electron chi connectivity index (χ2n) is 22.2. The molecule has 10 atom stereocenters. The minimum Gasteiger partial charge on any atom is -0.480 e. The van der Waals surface area contributed by atoms with Gasteiger partial charge in [-0.05, 0) is 72.8 Å². The van der Waals surface area contributed by atoms with Gasteiger partial charge in [0.15, 0.2) is 0 Å². The highest BCUT2D eigenvalue weighted by molar-refractivity contribution is 8.00. The number of unbranched alkanes of at least 4 members (excludes halogenated alkanes) is 2. The molecular weight excluding hydrogens is 1060 g/mol. The molecule has 0 aliphatic carbocycles. The van der Waals surface area contributed by atoms with E-state index in [1.165, 1.54) is 42.6 Å². The van der Waals surface area contributed by atoms with E-state index in [9.17, 15) is 48.3 Å². The first-order chi connectivity index (χ1) is 38.4. The number of likely N-dealkylation sites (N-methyl/N-ethyl adjacent to an activating group) is 2. The topological polar surface area (TPSA) is 239 Å². The normalized spacial score (nSPS) is 18.2. The number of nitrogens with one attached hydrogen (secondary N) is 2. The Labute approximate surface area is 485 Å². The number of hydrogen-bond acceptors (Lipinski definition) is 13. The van der Waals surface area contributed by atoms with Gasteiger partial charge >= 0.3 is 12.1 Å². The first-order valence-electron chi connectivity index (χ1n) is 28.7. The number of aliphatic carboxylic acids is 1. The first kappa shape index (κ1) is 69.4. The lowest BCUT2D eigenvalue weighted by molar-refractivity contribution is -0.144. The fourth-order valence-electron chi connectivity index (χ4n) is 10.8. The summed E-state index contributed by atoms with van der Waals surface area (Å²) in [7, 11) is 6.47. The highest BCUT2D eigenvalue weighted by Crippen LogP contribution is 2.28. The number of likely N-dealkylation sites (tertiary alicyclic amines) is 2. The molecule has 0 bridgehead atoms. The maximum absolute atomic E-state index is 13.9. The summed E-state index contributed by atoms with van der Waals surface area (Å²) in [5, 5.41) is 14.8. The Bertz CT molecular complexity index is 2370. The van der Waals surface area contributed by atoms with E-state index in [-0.39, 0.29) is 102 Å². The van der Waals surface area contributed by atoms with Crippen LogP contribution in [0.2, 0.25) is 0 Å². The zero-order valence-electron chi connectivity index (χ0n) is 50.6. The van der Waals surface area contributed by atoms with Crippen LogP contribution in [-0.2, 0) is 72.0 Å². The molecule has 2 fully saturated rings. The number of rotatable bonds is 31. The predicted octanol–water partition coefficient (Wildman–Crippen LogP) is 7.34. The molecule has 0 saturated carbocycles. The summed E-state index contributed by atoms with van der Waals surface area (Å²) in [6.07, 6.45) is 7.07. The third-order valence-electron chi connectivity index (χ3n) is 15.7. The summed E-state index contributed by atoms with van der Waals surface area (Å²) < 4.78 is 16.9. The number of benzene rings is 2. The van der Waals surface area contributed by atoms with Crippen LogP contribution in [-0.4, -0.2) is 173 Å². The molecule has 1 unspecified atom stereocenters. The van der Waals surface area contributed by atoms with Crippen LogP contribution in [0.15, 0.2) is 54.6 Å². The molecule has 452 valence electrons. The van der Waals surface area contributed by atoms with E-state index in [1.54, 1.807) is 30.9 Å². The maximum atomic E-state index is 13.9. The van der Waals surface area contributed by atoms with Crippen molar-refractivity contribution in [2.24, 2.45) is 23.7 Å². The number of thioether (sulfide) groups is 1. The summed E-state index contributed by atoms with van der Waals surface area (Å²) in [5.74, 6) is -3.14. The summed E-state index contributed by atoms with van der Waals surface area (Å²) in [5.41, 5.74) is 2.42. The van der Waals surface area contributed by atoms with Crippen LogP contribution in [0.4, 0.5) is 4.79 Å². The van der Waals surface area contributed by atoms with E-state index < -0.39 is 48.1 Å². The zero-order valence-corrected chi connectivity index (χ0v) is 51.4. The molecule has 0 spiro atoms. The second kappa shape index (κ2) is 34.6. The van der Waals surface area contributed by atoms with E-state index in [0.717, 1.165) is 48.8 Å². The quantitative estimate of drug-likeness (QED) is 0.0495. The number of carboxylic acid groups (broad SMARTS) is 1. The predicted molar refractivity (Wildman–Crippen MR) is 313 cm³/mol. The van der Waals surface area contributed by atoms with Gasteiger partial charge in [-0.2, -0.15) is 11.8 Å². The molecule has 20 heteroatoms. The first-order valence-corrected chi connectivity index (χ1v) is 30.0. The molecule has 0 radical (unpaired) electrons. The summed E-state index contributed by atoms with van der Waals surface area (Å²) in [4.78, 5) is 120. The Kier molecular flexibility index (Phi) is 29.6. The van der Waals surface area contributed by atoms with Crippen molar-refractivity contribution >= 4 is 65.1 Å². The number of imide groups is 1. The Morgan fingerprint density at radius 1 is 0.790 bits per heavy atom. The van der Waals surface area contributed by atoms with Gasteiger partial charge in [-0.15, -0.1) is 0 Å². The average molecular weight is 1150 g/mol. The minimum atomic E-state index is -1.08. The van der Waals surface area contributed by atoms with E-state index in [2.05, 4.69) is 24.5 Å². The van der Waals surface area contributed by atoms with Gasteiger partial charge in [0.25, 0.3) is 0 Å². The number of nitrogens with zero attached hydrogens (tertiary/aromatic N) is 4. The summed E-state index contributed by atoms with van der Waals surface area (Å²) in [6, 6.07) is 13.4. The Balaban J connectivity index is 0.000000530. The number of Topliss-reactive ketones (excluding diaryl/α,β-unsaturated/α-hetero) is 1. The molecular formula is C61H94N6O13S. The number of methoxy groups -OCH3 is 2. The van der Waals surface area contributed by atoms with Crippen LogP contribution in [0.1, 0.15) is 137 Å². The standard InChI is InChI=1S/C41H66N4O8S.C20H28N2O5/c1-12-28(7)37(32(13-2)52-10)43(8)40(50)35(26(3)4)42-38(48)36(27(5)6)44(9)41(51)53-25-30-20-18-29(19-21-30)23-31(46)17-15-14-16-22-45-34(47)24-33(54-11)39(45)49;1-13(18(27-3)17-10-7-11-22(17)14(2)23)19(24)21-16(20(25)26)12-15-8-5-4-6-9-15/h18-21,26-28,32-33,35-37H,12-17,22-25H2,1-11H3,(H,42,48);4-6,8-9,13,16-18H,7,10-12H2,1-3H3,(H,21,24)(H,25,26)/t28-,32+,33?,35-,36-,37-;13-,16+,17+,18-/m01/s1. The molecule has 2 saturated heterocycles. The van der Waals surface area contributed by atoms with Crippen molar-refractivity contribution in [3.8, 4) is 0 Å². The lowest BCUT2D eigenvalue weighted by Crippen LogP contribution is -2.60. The average Bonchev–Trinajstić information content (AvgIpc) is 4.06. The van der Waals surface area contributed by atoms with Gasteiger partial charge in [0.1, 0.15) is 30.5 Å². The van der Waals surface area contributed by atoms with Gasteiger partial charge in [-0.1, -0.05) is 123 Å². The molecule has 7 amide bonds. The molecule has 0 aromatic heterocycles. The minimum absolute atomic E-state index is 0.0173. The van der Waals surface area contributed by atoms with Crippen molar-refractivity contribution in [2.45, 2.75) is 187 Å². The molecule has 4 rings (SSSR count). The highest BCUT2D eigenvalue weighted by atomic mass is 32.2. The highest BCUT2D eigenvalue weighted by Gasteiger charge is 2.42. The van der Waals surface area contributed by atoms with Crippen molar-refractivity contribution in [3.63, 3.8) is 0 Å². The number of hydrogen-bond donors (Lipinski definition) is 3. The number of carboxylic acids is 1. The molecule has 19 nitrogen and oxygen atoms in total. The number of ketones is 1. The molecule has 2 aromatic rings. The molecule has 2 heterocycles. The third kappa shape index (κ3) is 20.5. The second-order valence-corrected chi connectivity index (χ2v) is 23.3. The lowest BCUT2D eigenvalue weighted by Gasteiger charge is -2.40. The monoisotopic (exact) mass is 1150 g/mol. The van der Waals surface area contributed by atoms with Crippen molar-refractivity contribution in [1.29, 1.82) is 0 Å². The SMILES string of the molecule is CC[C@H](C)[C@@H]([C@@H](CC)OC)N(C)C(=O)[C@@H](NC(=O)[C@H](C(C)C)N(C)C(=O)OCc1ccc(CC(=O)CCCCCN2C(=O)CC(SC)C2=O)cc1)C(C)C.CO[C@H]([C@@H](C)C(=O)N[C@@H](Cc1ccccc1)C(=O)O)[C@@H]1CCCN1C(C)=O. The van der Waals surface area contributed by atoms with Crippen LogP contribution in [0.25, 0.3) is 0 Å². The molecule has 2 aliphatic heterocycles. The lowest BCUT2D eigenvalue weighted by atomic mass is 9.90. The Morgan fingerprint density at radius 2 is 1.43 bits per heavy atom. The van der Waals surface area contributed by atoms with Gasteiger partial charge in [0, 0.05) is 74.0 Å². The van der Waals surface area contributed by atoms with E-state index in [1.807, 2.05) is 95.5 Å². The molecule has 81 heavy (non-hydrogen) atoms. The number of carbonyl (C=O) groups excluding carboxylic acids is 8. The number of ether oxygens (including phenoxy) is 3. The van der Waals surface area contributed by atoms with Crippen molar-refractivity contribution in [2.75, 3.05) is 47.7 Å². The van der Waals surface area contributed by atoms with Gasteiger partial charge in [0.2, 0.25) is 35.4 Å². The summed E-state index contributed by atoms with van der Waals surface area (Å²) >= 11 is 1.41. The Hall–Kier alpha value is -5.86. The largest absolute Gasteiger partial charge is 0.480 e. The number of carbonyl (C=O) groups is 9. The summed E-state index contributed by atoms with van der Waals surface area (Å²) in [6.45, 7) is 17.9. The van der Waals surface area contributed by atoms with Crippen molar-refractivity contribution in [1.82, 2.24) is 30.2 Å². The van der Waals surface area contributed by atoms with E-state index >= 15 is 0 Å². The van der Waals surface area contributed by atoms with Crippen molar-refractivity contribution < 1.29 is 62.5 Å². The van der Waals surface area contributed by atoms with Crippen LogP contribution in [0, 0.1) is 23.7 Å². The fraction of sp³-hybridized carbons (Fsp3) is 0.656. The van der Waals surface area contributed by atoms with E-state index in [0.29, 0.717) is 32.4 Å². The smallest absolute Gasteiger partial charge is 0.410 e. The Morgan fingerprint density at radius 3 is 1.96 bits per heavy atom.